The lowest BCUT2D eigenvalue weighted by Crippen LogP contribution is -2.44. The van der Waals surface area contributed by atoms with Crippen LogP contribution in [0, 0.1) is 5.82 Å². The Morgan fingerprint density at radius 2 is 1.85 bits per heavy atom. The standard InChI is InChI=1S/C33H32F4N8O2/c1-43-8-10-44(11-9-43)18-21-2-4-24(13-27(21)33(35,36)37)41-32(46)45-7-6-20-3-5-25(12-22(20)19-45)47-30-26-14-29(23-15-39-40-16-23)42-31(26)38-17-28(30)34/h2-5,12-17H,6-11,18-19H2,1H3,(H,38,42)(H,39,40)(H,41,46). The quantitative estimate of drug-likeness (QED) is 0.188. The van der Waals surface area contributed by atoms with Crippen molar-refractivity contribution in [3.63, 3.8) is 0 Å². The summed E-state index contributed by atoms with van der Waals surface area (Å²) in [4.78, 5) is 26.2. The molecule has 0 aliphatic carbocycles. The summed E-state index contributed by atoms with van der Waals surface area (Å²) >= 11 is 0. The van der Waals surface area contributed by atoms with E-state index in [1.54, 1.807) is 30.6 Å². The third-order valence-electron chi connectivity index (χ3n) is 8.73. The largest absolute Gasteiger partial charge is 0.453 e. The van der Waals surface area contributed by atoms with Crippen molar-refractivity contribution in [3.8, 4) is 22.8 Å². The van der Waals surface area contributed by atoms with E-state index in [0.29, 0.717) is 48.5 Å². The van der Waals surface area contributed by atoms with Crippen LogP contribution in [0.1, 0.15) is 22.3 Å². The number of nitrogens with zero attached hydrogens (tertiary/aromatic N) is 5. The van der Waals surface area contributed by atoms with E-state index >= 15 is 0 Å². The highest BCUT2D eigenvalue weighted by Crippen LogP contribution is 2.37. The fraction of sp³-hybridized carbons (Fsp3) is 0.303. The van der Waals surface area contributed by atoms with Crippen molar-refractivity contribution in [3.05, 3.63) is 89.1 Å². The van der Waals surface area contributed by atoms with Gasteiger partial charge in [0.25, 0.3) is 0 Å². The van der Waals surface area contributed by atoms with Crippen LogP contribution in [0.15, 0.2) is 61.1 Å². The van der Waals surface area contributed by atoms with Crippen molar-refractivity contribution in [2.75, 3.05) is 45.1 Å². The number of fused-ring (bicyclic) bond motifs is 2. The molecule has 244 valence electrons. The number of benzene rings is 2. The molecule has 0 bridgehead atoms. The molecule has 2 aliphatic heterocycles. The number of carbonyl (C=O) groups excluding carboxylic acids is 1. The van der Waals surface area contributed by atoms with Gasteiger partial charge in [-0.3, -0.25) is 10.00 Å². The van der Waals surface area contributed by atoms with Crippen molar-refractivity contribution in [1.29, 1.82) is 0 Å². The monoisotopic (exact) mass is 648 g/mol. The first-order valence-electron chi connectivity index (χ1n) is 15.2. The van der Waals surface area contributed by atoms with Crippen LogP contribution in [0.5, 0.6) is 11.5 Å². The van der Waals surface area contributed by atoms with E-state index in [0.717, 1.165) is 42.0 Å². The molecule has 1 saturated heterocycles. The Kier molecular flexibility index (Phi) is 8.06. The number of anilines is 1. The molecule has 5 heterocycles. The predicted molar refractivity (Wildman–Crippen MR) is 168 cm³/mol. The number of hydrogen-bond donors (Lipinski definition) is 3. The van der Waals surface area contributed by atoms with E-state index < -0.39 is 23.6 Å². The number of halogens is 4. The molecular weight excluding hydrogens is 616 g/mol. The number of urea groups is 1. The average Bonchev–Trinajstić information content (AvgIpc) is 3.74. The van der Waals surface area contributed by atoms with Crippen molar-refractivity contribution >= 4 is 22.8 Å². The number of likely N-dealkylation sites (N-methyl/N-ethyl adjacent to an activating group) is 1. The molecule has 2 aliphatic rings. The van der Waals surface area contributed by atoms with Crippen LogP contribution in [0.3, 0.4) is 0 Å². The second-order valence-corrected chi connectivity index (χ2v) is 12.0. The minimum atomic E-state index is -4.57. The van der Waals surface area contributed by atoms with E-state index in [2.05, 4.69) is 30.4 Å². The van der Waals surface area contributed by atoms with Gasteiger partial charge in [-0.25, -0.2) is 14.2 Å². The van der Waals surface area contributed by atoms with Crippen LogP contribution in [0.25, 0.3) is 22.3 Å². The zero-order chi connectivity index (χ0) is 32.7. The van der Waals surface area contributed by atoms with Gasteiger partial charge in [-0.05, 0) is 60.5 Å². The van der Waals surface area contributed by atoms with Crippen LogP contribution in [-0.2, 0) is 25.7 Å². The SMILES string of the molecule is CN1CCN(Cc2ccc(NC(=O)N3CCc4ccc(Oc5c(F)cnc6[nH]c(-c7cn[nH]c7)cc56)cc4C3)cc2C(F)(F)F)CC1. The van der Waals surface area contributed by atoms with Crippen LogP contribution >= 0.6 is 0 Å². The molecule has 7 rings (SSSR count). The second-order valence-electron chi connectivity index (χ2n) is 12.0. The van der Waals surface area contributed by atoms with Crippen molar-refractivity contribution in [2.45, 2.75) is 25.7 Å². The molecule has 5 aromatic rings. The van der Waals surface area contributed by atoms with Crippen LogP contribution in [0.4, 0.5) is 28.0 Å². The molecule has 47 heavy (non-hydrogen) atoms. The number of hydrogen-bond acceptors (Lipinski definition) is 6. The van der Waals surface area contributed by atoms with Crippen molar-refractivity contribution in [2.24, 2.45) is 0 Å². The van der Waals surface area contributed by atoms with E-state index in [4.69, 9.17) is 4.74 Å². The first-order valence-corrected chi connectivity index (χ1v) is 15.2. The van der Waals surface area contributed by atoms with Gasteiger partial charge in [0.15, 0.2) is 11.6 Å². The van der Waals surface area contributed by atoms with Gasteiger partial charge in [-0.2, -0.15) is 18.3 Å². The summed E-state index contributed by atoms with van der Waals surface area (Å²) in [6, 6.07) is 10.6. The fourth-order valence-corrected chi connectivity index (χ4v) is 6.08. The smallest absolute Gasteiger partial charge is 0.416 e. The minimum Gasteiger partial charge on any atom is -0.453 e. The van der Waals surface area contributed by atoms with Gasteiger partial charge in [-0.1, -0.05) is 12.1 Å². The van der Waals surface area contributed by atoms with E-state index in [1.807, 2.05) is 18.0 Å². The van der Waals surface area contributed by atoms with Gasteiger partial charge >= 0.3 is 12.2 Å². The van der Waals surface area contributed by atoms with Crippen LogP contribution < -0.4 is 10.1 Å². The summed E-state index contributed by atoms with van der Waals surface area (Å²) in [6.45, 7) is 3.75. The Labute approximate surface area is 267 Å². The number of ether oxygens (including phenoxy) is 1. The van der Waals surface area contributed by atoms with Crippen LogP contribution in [-0.4, -0.2) is 80.7 Å². The van der Waals surface area contributed by atoms with Gasteiger partial charge < -0.3 is 24.8 Å². The molecule has 2 aromatic carbocycles. The number of nitrogens with one attached hydrogen (secondary N) is 3. The third kappa shape index (κ3) is 6.51. The van der Waals surface area contributed by atoms with E-state index in [-0.39, 0.29) is 30.1 Å². The highest BCUT2D eigenvalue weighted by Gasteiger charge is 2.34. The number of aromatic amines is 2. The molecule has 0 spiro atoms. The molecule has 10 nitrogen and oxygen atoms in total. The Morgan fingerprint density at radius 3 is 2.62 bits per heavy atom. The average molecular weight is 649 g/mol. The third-order valence-corrected chi connectivity index (χ3v) is 8.73. The summed E-state index contributed by atoms with van der Waals surface area (Å²) in [5, 5.41) is 9.80. The zero-order valence-corrected chi connectivity index (χ0v) is 25.5. The summed E-state index contributed by atoms with van der Waals surface area (Å²) < 4.78 is 63.2. The maximum absolute atomic E-state index is 15.0. The first kappa shape index (κ1) is 30.7. The number of carbonyl (C=O) groups is 1. The Morgan fingerprint density at radius 1 is 1.02 bits per heavy atom. The lowest BCUT2D eigenvalue weighted by Gasteiger charge is -2.33. The number of alkyl halides is 3. The molecule has 2 amide bonds. The summed E-state index contributed by atoms with van der Waals surface area (Å²) in [5.41, 5.74) is 3.20. The molecule has 0 atom stereocenters. The summed E-state index contributed by atoms with van der Waals surface area (Å²) in [5.74, 6) is -0.265. The normalized spacial score (nSPS) is 16.0. The number of rotatable bonds is 6. The highest BCUT2D eigenvalue weighted by atomic mass is 19.4. The second kappa shape index (κ2) is 12.3. The number of amides is 2. The number of pyridine rings is 1. The first-order chi connectivity index (χ1) is 22.6. The highest BCUT2D eigenvalue weighted by molar-refractivity contribution is 5.90. The van der Waals surface area contributed by atoms with Gasteiger partial charge in [-0.15, -0.1) is 0 Å². The topological polar surface area (TPSA) is 105 Å². The van der Waals surface area contributed by atoms with E-state index in [9.17, 15) is 22.4 Å². The Balaban J connectivity index is 1.06. The van der Waals surface area contributed by atoms with Gasteiger partial charge in [0.1, 0.15) is 11.4 Å². The fourth-order valence-electron chi connectivity index (χ4n) is 6.08. The zero-order valence-electron chi connectivity index (χ0n) is 25.5. The van der Waals surface area contributed by atoms with Crippen molar-refractivity contribution in [1.82, 2.24) is 34.9 Å². The van der Waals surface area contributed by atoms with E-state index in [1.165, 1.54) is 17.0 Å². The lowest BCUT2D eigenvalue weighted by atomic mass is 9.99. The molecule has 3 N–H and O–H groups in total. The minimum absolute atomic E-state index is 0.00268. The molecule has 3 aromatic heterocycles. The molecule has 0 unspecified atom stereocenters. The van der Waals surface area contributed by atoms with Crippen LogP contribution in [0.2, 0.25) is 0 Å². The predicted octanol–water partition coefficient (Wildman–Crippen LogP) is 6.24. The molecule has 0 saturated carbocycles. The molecular formula is C33H32F4N8O2. The maximum atomic E-state index is 15.0. The van der Waals surface area contributed by atoms with Gasteiger partial charge in [0.2, 0.25) is 0 Å². The Bertz CT molecular complexity index is 1920. The number of H-pyrrole nitrogens is 2. The molecule has 0 radical (unpaired) electrons. The molecule has 1 fully saturated rings. The van der Waals surface area contributed by atoms with Crippen molar-refractivity contribution < 1.29 is 27.1 Å². The summed E-state index contributed by atoms with van der Waals surface area (Å²) in [7, 11) is 1.99. The maximum Gasteiger partial charge on any atom is 0.416 e. The van der Waals surface area contributed by atoms with Gasteiger partial charge in [0, 0.05) is 63.3 Å². The molecule has 14 heteroatoms. The van der Waals surface area contributed by atoms with Gasteiger partial charge in [0.05, 0.1) is 29.0 Å². The number of piperazine rings is 1. The summed E-state index contributed by atoms with van der Waals surface area (Å²) in [6.07, 6.45) is 0.394. The Hall–Kier alpha value is -4.95. The lowest BCUT2D eigenvalue weighted by molar-refractivity contribution is -0.138. The number of aromatic nitrogens is 4.